The molecular formula is C29H31F3N8O4. The minimum atomic E-state index is -4.48. The number of aliphatic hydroxyl groups excluding tert-OH is 1. The monoisotopic (exact) mass is 612 g/mol. The third-order valence-corrected chi connectivity index (χ3v) is 6.65. The van der Waals surface area contributed by atoms with Crippen molar-refractivity contribution in [2.45, 2.75) is 32.5 Å². The molecule has 0 aliphatic carbocycles. The van der Waals surface area contributed by atoms with Gasteiger partial charge in [-0.1, -0.05) is 12.1 Å². The second-order valence-corrected chi connectivity index (χ2v) is 9.64. The topological polar surface area (TPSA) is 167 Å². The van der Waals surface area contributed by atoms with Crippen LogP contribution < -0.4 is 21.7 Å². The van der Waals surface area contributed by atoms with Crippen molar-refractivity contribution < 1.29 is 32.7 Å². The summed E-state index contributed by atoms with van der Waals surface area (Å²) in [4.78, 5) is 48.2. The number of nitrogen functional groups attached to an aromatic ring is 1. The molecule has 0 saturated carbocycles. The summed E-state index contributed by atoms with van der Waals surface area (Å²) in [6, 6.07) is 10.1. The molecule has 0 saturated heterocycles. The number of halogens is 3. The van der Waals surface area contributed by atoms with E-state index in [1.807, 2.05) is 6.92 Å². The van der Waals surface area contributed by atoms with Gasteiger partial charge in [-0.15, -0.1) is 0 Å². The summed E-state index contributed by atoms with van der Waals surface area (Å²) >= 11 is 0. The van der Waals surface area contributed by atoms with E-state index in [0.29, 0.717) is 23.6 Å². The Hall–Kier alpha value is -5.18. The Labute approximate surface area is 250 Å². The predicted molar refractivity (Wildman–Crippen MR) is 157 cm³/mol. The van der Waals surface area contributed by atoms with Crippen LogP contribution >= 0.6 is 0 Å². The summed E-state index contributed by atoms with van der Waals surface area (Å²) in [5.41, 5.74) is 6.78. The normalized spacial score (nSPS) is 11.3. The van der Waals surface area contributed by atoms with Crippen molar-refractivity contribution >= 4 is 40.6 Å². The number of carbonyl (C=O) groups is 3. The SMILES string of the molecule is CCN(CCO)C(=O)CCc1nc(C(=O)Nc2cccc(CNC(=O)Nc3ccc(C(F)(F)F)cc3)c2)c2c(N)nccn12. The van der Waals surface area contributed by atoms with E-state index in [4.69, 9.17) is 5.73 Å². The second kappa shape index (κ2) is 13.9. The largest absolute Gasteiger partial charge is 0.416 e. The van der Waals surface area contributed by atoms with E-state index in [9.17, 15) is 32.7 Å². The number of aliphatic hydroxyl groups is 1. The summed E-state index contributed by atoms with van der Waals surface area (Å²) in [5.74, 6) is -0.218. The number of imidazole rings is 1. The van der Waals surface area contributed by atoms with Crippen molar-refractivity contribution in [3.8, 4) is 0 Å². The van der Waals surface area contributed by atoms with Crippen LogP contribution in [0.3, 0.4) is 0 Å². The Morgan fingerprint density at radius 2 is 1.82 bits per heavy atom. The van der Waals surface area contributed by atoms with E-state index in [1.54, 1.807) is 34.9 Å². The molecule has 0 bridgehead atoms. The molecule has 0 atom stereocenters. The smallest absolute Gasteiger partial charge is 0.395 e. The van der Waals surface area contributed by atoms with Gasteiger partial charge in [0.05, 0.1) is 12.2 Å². The van der Waals surface area contributed by atoms with Crippen LogP contribution in [0.4, 0.5) is 35.2 Å². The molecule has 2 heterocycles. The maximum absolute atomic E-state index is 13.3. The summed E-state index contributed by atoms with van der Waals surface area (Å²) in [6.07, 6.45) is -1.09. The average molecular weight is 613 g/mol. The number of aromatic nitrogens is 3. The Balaban J connectivity index is 1.41. The highest BCUT2D eigenvalue weighted by molar-refractivity contribution is 6.09. The number of rotatable bonds is 11. The number of hydrogen-bond acceptors (Lipinski definition) is 7. The van der Waals surface area contributed by atoms with Gasteiger partial charge < -0.3 is 31.7 Å². The fourth-order valence-corrected chi connectivity index (χ4v) is 4.47. The van der Waals surface area contributed by atoms with Crippen LogP contribution in [-0.4, -0.2) is 61.9 Å². The molecule has 4 rings (SSSR count). The number of carbonyl (C=O) groups excluding carboxylic acids is 3. The first-order valence-electron chi connectivity index (χ1n) is 13.6. The highest BCUT2D eigenvalue weighted by atomic mass is 19.4. The van der Waals surface area contributed by atoms with Crippen LogP contribution in [0.25, 0.3) is 5.52 Å². The Morgan fingerprint density at radius 3 is 2.50 bits per heavy atom. The van der Waals surface area contributed by atoms with Gasteiger partial charge in [0, 0.05) is 56.2 Å². The highest BCUT2D eigenvalue weighted by Crippen LogP contribution is 2.29. The fraction of sp³-hybridized carbons (Fsp3) is 0.276. The third-order valence-electron chi connectivity index (χ3n) is 6.65. The van der Waals surface area contributed by atoms with Crippen molar-refractivity contribution in [2.75, 3.05) is 36.1 Å². The quantitative estimate of drug-likeness (QED) is 0.172. The van der Waals surface area contributed by atoms with Gasteiger partial charge >= 0.3 is 12.2 Å². The molecule has 0 radical (unpaired) electrons. The van der Waals surface area contributed by atoms with Gasteiger partial charge in [-0.05, 0) is 48.9 Å². The van der Waals surface area contributed by atoms with Gasteiger partial charge in [0.2, 0.25) is 5.91 Å². The number of hydrogen-bond donors (Lipinski definition) is 5. The number of nitrogens with zero attached hydrogens (tertiary/aromatic N) is 4. The molecular weight excluding hydrogens is 581 g/mol. The number of nitrogens with one attached hydrogen (secondary N) is 3. The zero-order valence-corrected chi connectivity index (χ0v) is 23.7. The zero-order valence-electron chi connectivity index (χ0n) is 23.7. The number of anilines is 3. The van der Waals surface area contributed by atoms with E-state index in [-0.39, 0.29) is 61.2 Å². The lowest BCUT2D eigenvalue weighted by molar-refractivity contribution is -0.137. The molecule has 12 nitrogen and oxygen atoms in total. The van der Waals surface area contributed by atoms with Gasteiger partial charge in [-0.3, -0.25) is 14.0 Å². The molecule has 0 aliphatic heterocycles. The third kappa shape index (κ3) is 7.80. The molecule has 2 aromatic carbocycles. The standard InChI is InChI=1S/C29H31F3N8O4/c1-2-39(14-15-41)23(42)11-10-22-38-24(25-26(33)34-12-13-40(22)25)27(43)36-21-5-3-4-18(16-21)17-35-28(44)37-20-8-6-19(7-9-20)29(30,31)32/h3-9,12-13,16,41H,2,10-11,14-15,17H2,1H3,(H2,33,34)(H,36,43)(H2,35,37,44). The molecule has 0 fully saturated rings. The van der Waals surface area contributed by atoms with Crippen molar-refractivity contribution in [3.05, 3.63) is 83.6 Å². The predicted octanol–water partition coefficient (Wildman–Crippen LogP) is 3.68. The van der Waals surface area contributed by atoms with Gasteiger partial charge in [-0.2, -0.15) is 13.2 Å². The number of amides is 4. The maximum atomic E-state index is 13.3. The number of aryl methyl sites for hydroxylation is 1. The lowest BCUT2D eigenvalue weighted by Crippen LogP contribution is -2.33. The second-order valence-electron chi connectivity index (χ2n) is 9.64. The van der Waals surface area contributed by atoms with E-state index in [1.165, 1.54) is 11.1 Å². The van der Waals surface area contributed by atoms with Crippen LogP contribution in [0, 0.1) is 0 Å². The Bertz CT molecular complexity index is 1640. The van der Waals surface area contributed by atoms with E-state index >= 15 is 0 Å². The first-order chi connectivity index (χ1) is 21.0. The van der Waals surface area contributed by atoms with E-state index < -0.39 is 23.7 Å². The van der Waals surface area contributed by atoms with Crippen LogP contribution in [0.15, 0.2) is 60.9 Å². The molecule has 232 valence electrons. The average Bonchev–Trinajstić information content (AvgIpc) is 3.38. The lowest BCUT2D eigenvalue weighted by Gasteiger charge is -2.19. The summed E-state index contributed by atoms with van der Waals surface area (Å²) in [5, 5.41) is 17.0. The molecule has 4 aromatic rings. The molecule has 44 heavy (non-hydrogen) atoms. The number of benzene rings is 2. The van der Waals surface area contributed by atoms with Gasteiger partial charge in [0.25, 0.3) is 5.91 Å². The first-order valence-corrected chi connectivity index (χ1v) is 13.6. The van der Waals surface area contributed by atoms with Crippen LogP contribution in [0.2, 0.25) is 0 Å². The van der Waals surface area contributed by atoms with Gasteiger partial charge in [0.1, 0.15) is 17.2 Å². The van der Waals surface area contributed by atoms with Crippen molar-refractivity contribution in [3.63, 3.8) is 0 Å². The van der Waals surface area contributed by atoms with Gasteiger partial charge in [0.15, 0.2) is 5.69 Å². The number of alkyl halides is 3. The van der Waals surface area contributed by atoms with Crippen LogP contribution in [0.5, 0.6) is 0 Å². The number of urea groups is 1. The maximum Gasteiger partial charge on any atom is 0.416 e. The molecule has 0 unspecified atom stereocenters. The summed E-state index contributed by atoms with van der Waals surface area (Å²) in [7, 11) is 0. The molecule has 15 heteroatoms. The lowest BCUT2D eigenvalue weighted by atomic mass is 10.2. The number of fused-ring (bicyclic) bond motifs is 1. The van der Waals surface area contributed by atoms with Crippen molar-refractivity contribution in [1.82, 2.24) is 24.6 Å². The molecule has 4 amide bonds. The minimum absolute atomic E-state index is 0.0141. The van der Waals surface area contributed by atoms with Crippen LogP contribution in [0.1, 0.15) is 40.8 Å². The zero-order chi connectivity index (χ0) is 31.9. The molecule has 0 aliphatic rings. The number of nitrogens with two attached hydrogens (primary N) is 1. The minimum Gasteiger partial charge on any atom is -0.395 e. The summed E-state index contributed by atoms with van der Waals surface area (Å²) < 4.78 is 39.8. The highest BCUT2D eigenvalue weighted by Gasteiger charge is 2.30. The van der Waals surface area contributed by atoms with E-state index in [2.05, 4.69) is 25.9 Å². The summed E-state index contributed by atoms with van der Waals surface area (Å²) in [6.45, 7) is 2.40. The van der Waals surface area contributed by atoms with Crippen LogP contribution in [-0.2, 0) is 23.9 Å². The Morgan fingerprint density at radius 1 is 1.07 bits per heavy atom. The van der Waals surface area contributed by atoms with Gasteiger partial charge in [-0.25, -0.2) is 14.8 Å². The first kappa shape index (κ1) is 31.7. The van der Waals surface area contributed by atoms with E-state index in [0.717, 1.165) is 24.3 Å². The van der Waals surface area contributed by atoms with Crippen molar-refractivity contribution in [2.24, 2.45) is 0 Å². The number of likely N-dealkylation sites (N-methyl/N-ethyl adjacent to an activating group) is 1. The molecule has 0 spiro atoms. The van der Waals surface area contributed by atoms with Crippen molar-refractivity contribution in [1.29, 1.82) is 0 Å². The molecule has 2 aromatic heterocycles. The molecule has 6 N–H and O–H groups in total. The Kier molecular flexibility index (Phi) is 10.0. The fourth-order valence-electron chi connectivity index (χ4n) is 4.47.